The van der Waals surface area contributed by atoms with E-state index in [1.165, 1.54) is 12.1 Å². The third kappa shape index (κ3) is 5.49. The van der Waals surface area contributed by atoms with Gasteiger partial charge in [-0.25, -0.2) is 9.78 Å². The lowest BCUT2D eigenvalue weighted by Crippen LogP contribution is -2.59. The first-order chi connectivity index (χ1) is 15.2. The summed E-state index contributed by atoms with van der Waals surface area (Å²) in [5.41, 5.74) is 0.403. The number of carbonyl (C=O) groups excluding carboxylic acids is 2. The molecule has 2 heterocycles. The number of amides is 1. The number of piperazine rings is 1. The van der Waals surface area contributed by atoms with Crippen LogP contribution >= 0.6 is 23.2 Å². The molecule has 3 rings (SSSR count). The monoisotopic (exact) mass is 497 g/mol. The molecule has 3 atom stereocenters. The van der Waals surface area contributed by atoms with Crippen LogP contribution in [0.5, 0.6) is 0 Å². The van der Waals surface area contributed by atoms with Gasteiger partial charge in [0.25, 0.3) is 5.91 Å². The van der Waals surface area contributed by atoms with Gasteiger partial charge in [-0.15, -0.1) is 0 Å². The zero-order valence-electron chi connectivity index (χ0n) is 18.1. The Morgan fingerprint density at radius 3 is 2.59 bits per heavy atom. The van der Waals surface area contributed by atoms with E-state index in [4.69, 9.17) is 27.9 Å². The van der Waals surface area contributed by atoms with E-state index in [0.29, 0.717) is 28.7 Å². The first-order valence-corrected chi connectivity index (χ1v) is 12.3. The van der Waals surface area contributed by atoms with Crippen LogP contribution in [0.1, 0.15) is 31.1 Å². The van der Waals surface area contributed by atoms with Crippen molar-refractivity contribution in [2.75, 3.05) is 30.3 Å². The van der Waals surface area contributed by atoms with Crippen LogP contribution in [0.25, 0.3) is 0 Å². The fraction of sp³-hybridized carbons (Fsp3) is 0.409. The molecule has 1 aliphatic heterocycles. The van der Waals surface area contributed by atoms with Crippen LogP contribution in [0.15, 0.2) is 41.3 Å². The van der Waals surface area contributed by atoms with Gasteiger partial charge in [0.1, 0.15) is 11.0 Å². The van der Waals surface area contributed by atoms with Crippen LogP contribution in [-0.2, 0) is 20.7 Å². The minimum atomic E-state index is -1.65. The fourth-order valence-electron chi connectivity index (χ4n) is 3.68. The summed E-state index contributed by atoms with van der Waals surface area (Å²) >= 11 is 10.7. The maximum atomic E-state index is 13.2. The molecule has 1 saturated heterocycles. The summed E-state index contributed by atoms with van der Waals surface area (Å²) in [6.45, 7) is 7.05. The van der Waals surface area contributed by atoms with Gasteiger partial charge in [0, 0.05) is 30.7 Å². The van der Waals surface area contributed by atoms with E-state index in [9.17, 15) is 14.1 Å². The van der Waals surface area contributed by atoms with E-state index in [2.05, 4.69) is 9.88 Å². The van der Waals surface area contributed by atoms with Gasteiger partial charge >= 0.3 is 5.97 Å². The van der Waals surface area contributed by atoms with Crippen molar-refractivity contribution in [1.82, 2.24) is 9.88 Å². The van der Waals surface area contributed by atoms with Crippen LogP contribution in [-0.4, -0.2) is 63.8 Å². The maximum Gasteiger partial charge on any atom is 0.356 e. The van der Waals surface area contributed by atoms with Crippen LogP contribution in [0.3, 0.4) is 0 Å². The molecule has 0 spiro atoms. The van der Waals surface area contributed by atoms with Crippen LogP contribution in [0.2, 0.25) is 10.2 Å². The number of rotatable bonds is 6. The Balaban J connectivity index is 1.72. The van der Waals surface area contributed by atoms with Gasteiger partial charge in [-0.3, -0.25) is 4.79 Å². The van der Waals surface area contributed by atoms with Gasteiger partial charge in [-0.1, -0.05) is 29.3 Å². The molecule has 1 aromatic heterocycles. The summed E-state index contributed by atoms with van der Waals surface area (Å²) in [7, 11) is 0. The summed E-state index contributed by atoms with van der Waals surface area (Å²) in [4.78, 5) is 33.4. The number of esters is 1. The lowest BCUT2D eigenvalue weighted by Gasteiger charge is -2.45. The molecule has 172 valence electrons. The Morgan fingerprint density at radius 1 is 1.19 bits per heavy atom. The molecule has 7 nitrogen and oxygen atoms in total. The molecule has 1 aliphatic rings. The Morgan fingerprint density at radius 2 is 1.94 bits per heavy atom. The Labute approximate surface area is 200 Å². The third-order valence-electron chi connectivity index (χ3n) is 5.50. The molecule has 0 saturated carbocycles. The quantitative estimate of drug-likeness (QED) is 0.342. The zero-order valence-corrected chi connectivity index (χ0v) is 20.4. The highest BCUT2D eigenvalue weighted by atomic mass is 35.5. The predicted molar refractivity (Wildman–Crippen MR) is 126 cm³/mol. The van der Waals surface area contributed by atoms with Crippen molar-refractivity contribution in [3.05, 3.63) is 52.1 Å². The predicted octanol–water partition coefficient (Wildman–Crippen LogP) is 3.80. The van der Waals surface area contributed by atoms with Crippen molar-refractivity contribution in [2.24, 2.45) is 0 Å². The molecular formula is C22H25Cl2N3O4S. The third-order valence-corrected chi connectivity index (χ3v) is 7.48. The standard InChI is InChI=1S/C22H25Cl2N3O4S/c1-4-31-21(28)13-32(30)18-9-8-16(12-17(18)23)22(29)27-11-10-26(14(2)15(27)3)20-7-5-6-19(24)25-20/h5-9,12,14-15H,4,10-11,13H2,1-3H3. The van der Waals surface area contributed by atoms with Crippen molar-refractivity contribution in [3.8, 4) is 0 Å². The average Bonchev–Trinajstić information content (AvgIpc) is 2.75. The number of benzene rings is 1. The summed E-state index contributed by atoms with van der Waals surface area (Å²) < 4.78 is 17.3. The highest BCUT2D eigenvalue weighted by Gasteiger charge is 2.35. The molecule has 0 bridgehead atoms. The van der Waals surface area contributed by atoms with E-state index in [1.807, 2.05) is 26.0 Å². The number of anilines is 1. The zero-order chi connectivity index (χ0) is 23.4. The van der Waals surface area contributed by atoms with Gasteiger partial charge in [0.05, 0.1) is 11.6 Å². The number of nitrogens with zero attached hydrogens (tertiary/aromatic N) is 3. The van der Waals surface area contributed by atoms with Crippen molar-refractivity contribution in [3.63, 3.8) is 0 Å². The second-order valence-corrected chi connectivity index (χ2v) is 9.65. The molecule has 1 amide bonds. The maximum absolute atomic E-state index is 13.2. The first kappa shape index (κ1) is 24.6. The Hall–Kier alpha value is -2.00. The second kappa shape index (κ2) is 10.7. The number of pyridine rings is 1. The van der Waals surface area contributed by atoms with Gasteiger partial charge in [0.2, 0.25) is 5.75 Å². The van der Waals surface area contributed by atoms with Gasteiger partial charge < -0.3 is 19.1 Å². The average molecular weight is 498 g/mol. The number of hydrogen-bond acceptors (Lipinski definition) is 6. The summed E-state index contributed by atoms with van der Waals surface area (Å²) in [5.74, 6) is -0.223. The van der Waals surface area contributed by atoms with E-state index in [-0.39, 0.29) is 35.4 Å². The van der Waals surface area contributed by atoms with Crippen LogP contribution < -0.4 is 4.90 Å². The smallest absolute Gasteiger partial charge is 0.356 e. The van der Waals surface area contributed by atoms with Crippen molar-refractivity contribution < 1.29 is 18.9 Å². The normalized spacial score (nSPS) is 19.6. The summed E-state index contributed by atoms with van der Waals surface area (Å²) in [6.07, 6.45) is 0. The Kier molecular flexibility index (Phi) is 8.27. The molecule has 1 aromatic carbocycles. The van der Waals surface area contributed by atoms with Gasteiger partial charge in [-0.2, -0.15) is 0 Å². The van der Waals surface area contributed by atoms with E-state index in [0.717, 1.165) is 5.82 Å². The summed E-state index contributed by atoms with van der Waals surface area (Å²) in [6, 6.07) is 10.0. The number of carbonyl (C=O) groups is 2. The molecule has 3 unspecified atom stereocenters. The van der Waals surface area contributed by atoms with Gasteiger partial charge in [-0.05, 0) is 62.3 Å². The van der Waals surface area contributed by atoms with Crippen molar-refractivity contribution in [2.45, 2.75) is 37.8 Å². The number of aromatic nitrogens is 1. The number of ether oxygens (including phenoxy) is 1. The minimum Gasteiger partial charge on any atom is -0.611 e. The fourth-order valence-corrected chi connectivity index (χ4v) is 5.23. The lowest BCUT2D eigenvalue weighted by molar-refractivity contribution is -0.139. The minimum absolute atomic E-state index is 0.0190. The Bertz CT molecular complexity index is 993. The SMILES string of the molecule is CCOC(=O)C[S+]([O-])c1ccc(C(=O)N2CCN(c3cccc(Cl)n3)C(C)C2C)cc1Cl. The van der Waals surface area contributed by atoms with E-state index >= 15 is 0 Å². The highest BCUT2D eigenvalue weighted by molar-refractivity contribution is 7.92. The molecule has 1 fully saturated rings. The van der Waals surface area contributed by atoms with Crippen LogP contribution in [0, 0.1) is 0 Å². The number of hydrogen-bond donors (Lipinski definition) is 0. The van der Waals surface area contributed by atoms with Crippen LogP contribution in [0.4, 0.5) is 5.82 Å². The molecule has 2 aromatic rings. The molecular weight excluding hydrogens is 473 g/mol. The summed E-state index contributed by atoms with van der Waals surface area (Å²) in [5, 5.41) is 0.608. The highest BCUT2D eigenvalue weighted by Crippen LogP contribution is 2.28. The topological polar surface area (TPSA) is 85.8 Å². The molecule has 32 heavy (non-hydrogen) atoms. The molecule has 0 radical (unpaired) electrons. The lowest BCUT2D eigenvalue weighted by atomic mass is 10.0. The van der Waals surface area contributed by atoms with E-state index < -0.39 is 17.1 Å². The van der Waals surface area contributed by atoms with Crippen molar-refractivity contribution >= 4 is 52.1 Å². The largest absolute Gasteiger partial charge is 0.611 e. The van der Waals surface area contributed by atoms with E-state index in [1.54, 1.807) is 24.0 Å². The molecule has 0 N–H and O–H groups in total. The molecule has 0 aliphatic carbocycles. The number of halogens is 2. The van der Waals surface area contributed by atoms with Gasteiger partial charge in [0.15, 0.2) is 4.90 Å². The van der Waals surface area contributed by atoms with Crippen molar-refractivity contribution in [1.29, 1.82) is 0 Å². The second-order valence-electron chi connectivity index (χ2n) is 7.43. The first-order valence-electron chi connectivity index (χ1n) is 10.3. The molecule has 10 heteroatoms.